The molecule has 1 saturated heterocycles. The third-order valence-electron chi connectivity index (χ3n) is 5.43. The molecule has 3 rings (SSSR count). The number of amides is 2. The summed E-state index contributed by atoms with van der Waals surface area (Å²) < 4.78 is 16.6. The summed E-state index contributed by atoms with van der Waals surface area (Å²) in [5.74, 6) is 0.499. The number of anilines is 1. The molecule has 31 heavy (non-hydrogen) atoms. The molecule has 2 amide bonds. The first-order chi connectivity index (χ1) is 15.0. The van der Waals surface area contributed by atoms with Crippen LogP contribution in [0.4, 0.5) is 5.69 Å². The van der Waals surface area contributed by atoms with Gasteiger partial charge >= 0.3 is 0 Å². The highest BCUT2D eigenvalue weighted by Crippen LogP contribution is 2.26. The molecule has 166 valence electrons. The molecular formula is C24H30N2O5. The van der Waals surface area contributed by atoms with E-state index in [1.54, 1.807) is 19.2 Å². The molecule has 1 N–H and O–H groups in total. The first-order valence-electron chi connectivity index (χ1n) is 10.5. The number of carbonyl (C=O) groups is 2. The molecule has 0 aromatic heterocycles. The Bertz CT molecular complexity index is 909. The summed E-state index contributed by atoms with van der Waals surface area (Å²) in [7, 11) is 1.55. The minimum atomic E-state index is -0.280. The van der Waals surface area contributed by atoms with Gasteiger partial charge in [0.25, 0.3) is 5.91 Å². The lowest BCUT2D eigenvalue weighted by atomic mass is 10.1. The molecule has 2 aromatic carbocycles. The van der Waals surface area contributed by atoms with E-state index in [-0.39, 0.29) is 31.1 Å². The summed E-state index contributed by atoms with van der Waals surface area (Å²) in [6.45, 7) is 4.73. The van der Waals surface area contributed by atoms with Crippen molar-refractivity contribution >= 4 is 17.5 Å². The molecule has 1 atom stereocenters. The quantitative estimate of drug-likeness (QED) is 0.666. The van der Waals surface area contributed by atoms with Crippen molar-refractivity contribution in [2.45, 2.75) is 32.8 Å². The Morgan fingerprint density at radius 3 is 2.61 bits per heavy atom. The van der Waals surface area contributed by atoms with Crippen molar-refractivity contribution in [2.75, 3.05) is 38.7 Å². The number of aryl methyl sites for hydroxylation is 1. The fraction of sp³-hybridized carbons (Fsp3) is 0.417. The van der Waals surface area contributed by atoms with Crippen molar-refractivity contribution in [2.24, 2.45) is 0 Å². The lowest BCUT2D eigenvalue weighted by Crippen LogP contribution is -2.44. The maximum Gasteiger partial charge on any atom is 0.261 e. The second-order valence-corrected chi connectivity index (χ2v) is 7.64. The molecule has 1 fully saturated rings. The number of hydrogen-bond acceptors (Lipinski definition) is 5. The maximum atomic E-state index is 12.9. The zero-order valence-corrected chi connectivity index (χ0v) is 18.3. The van der Waals surface area contributed by atoms with Gasteiger partial charge in [-0.2, -0.15) is 0 Å². The highest BCUT2D eigenvalue weighted by atomic mass is 16.5. The average molecular weight is 427 g/mol. The predicted molar refractivity (Wildman–Crippen MR) is 119 cm³/mol. The van der Waals surface area contributed by atoms with E-state index in [4.69, 9.17) is 14.2 Å². The first kappa shape index (κ1) is 22.6. The lowest BCUT2D eigenvalue weighted by molar-refractivity contribution is -0.138. The van der Waals surface area contributed by atoms with Crippen LogP contribution < -0.4 is 14.8 Å². The van der Waals surface area contributed by atoms with E-state index in [0.717, 1.165) is 29.7 Å². The zero-order valence-electron chi connectivity index (χ0n) is 18.3. The van der Waals surface area contributed by atoms with Crippen molar-refractivity contribution in [1.29, 1.82) is 0 Å². The molecule has 0 radical (unpaired) electrons. The minimum absolute atomic E-state index is 0.0660. The highest BCUT2D eigenvalue weighted by molar-refractivity contribution is 5.95. The van der Waals surface area contributed by atoms with Crippen LogP contribution in [0, 0.1) is 13.8 Å². The first-order valence-corrected chi connectivity index (χ1v) is 10.5. The van der Waals surface area contributed by atoms with Crippen LogP contribution in [-0.4, -0.2) is 56.2 Å². The molecule has 0 aliphatic carbocycles. The largest absolute Gasteiger partial charge is 0.493 e. The molecule has 0 saturated carbocycles. The molecule has 7 heteroatoms. The van der Waals surface area contributed by atoms with E-state index in [2.05, 4.69) is 5.32 Å². The van der Waals surface area contributed by atoms with Crippen LogP contribution in [0.15, 0.2) is 42.5 Å². The summed E-state index contributed by atoms with van der Waals surface area (Å²) in [6.07, 6.45) is 1.76. The minimum Gasteiger partial charge on any atom is -0.493 e. The number of nitrogens with zero attached hydrogens (tertiary/aromatic N) is 1. The smallest absolute Gasteiger partial charge is 0.261 e. The zero-order chi connectivity index (χ0) is 22.2. The van der Waals surface area contributed by atoms with Crippen LogP contribution in [-0.2, 0) is 14.3 Å². The number of carbonyl (C=O) groups excluding carboxylic acids is 2. The van der Waals surface area contributed by atoms with Gasteiger partial charge in [-0.3, -0.25) is 9.59 Å². The summed E-state index contributed by atoms with van der Waals surface area (Å²) in [5, 5.41) is 2.92. The van der Waals surface area contributed by atoms with E-state index in [0.29, 0.717) is 24.7 Å². The Labute approximate surface area is 183 Å². The molecule has 0 bridgehead atoms. The molecule has 1 aliphatic heterocycles. The predicted octanol–water partition coefficient (Wildman–Crippen LogP) is 3.34. The molecule has 1 aliphatic rings. The van der Waals surface area contributed by atoms with Crippen molar-refractivity contribution in [3.8, 4) is 11.5 Å². The lowest BCUT2D eigenvalue weighted by Gasteiger charge is -2.25. The van der Waals surface area contributed by atoms with Gasteiger partial charge < -0.3 is 24.4 Å². The van der Waals surface area contributed by atoms with Gasteiger partial charge in [0.15, 0.2) is 18.1 Å². The van der Waals surface area contributed by atoms with Gasteiger partial charge in [0.1, 0.15) is 6.54 Å². The second kappa shape index (κ2) is 10.8. The monoisotopic (exact) mass is 426 g/mol. The summed E-state index contributed by atoms with van der Waals surface area (Å²) in [6, 6.07) is 12.9. The van der Waals surface area contributed by atoms with Crippen molar-refractivity contribution in [3.63, 3.8) is 0 Å². The van der Waals surface area contributed by atoms with Crippen LogP contribution in [0.5, 0.6) is 11.5 Å². The number of para-hydroxylation sites is 2. The standard InChI is InChI=1S/C24H30N2O5/c1-17-8-6-10-20(18(17)2)25-23(27)15-26(14-19-9-7-13-30-19)24(28)16-31-22-12-5-4-11-21(22)29-3/h4-6,8,10-12,19H,7,9,13-16H2,1-3H3,(H,25,27)/t19-/m0/s1. The number of hydrogen-bond donors (Lipinski definition) is 1. The van der Waals surface area contributed by atoms with Gasteiger partial charge in [-0.1, -0.05) is 24.3 Å². The third-order valence-corrected chi connectivity index (χ3v) is 5.43. The third kappa shape index (κ3) is 6.21. The molecular weight excluding hydrogens is 396 g/mol. The summed E-state index contributed by atoms with van der Waals surface area (Å²) in [5.41, 5.74) is 2.85. The molecule has 0 spiro atoms. The Morgan fingerprint density at radius 2 is 1.90 bits per heavy atom. The fourth-order valence-electron chi connectivity index (χ4n) is 3.51. The van der Waals surface area contributed by atoms with Gasteiger partial charge in [0, 0.05) is 18.8 Å². The van der Waals surface area contributed by atoms with Gasteiger partial charge in [-0.25, -0.2) is 0 Å². The highest BCUT2D eigenvalue weighted by Gasteiger charge is 2.25. The molecule has 7 nitrogen and oxygen atoms in total. The van der Waals surface area contributed by atoms with Crippen LogP contribution >= 0.6 is 0 Å². The number of rotatable bonds is 9. The van der Waals surface area contributed by atoms with Crippen LogP contribution in [0.25, 0.3) is 0 Å². The average Bonchev–Trinajstić information content (AvgIpc) is 3.28. The Kier molecular flexibility index (Phi) is 7.89. The van der Waals surface area contributed by atoms with Gasteiger partial charge in [0.05, 0.1) is 13.2 Å². The maximum absolute atomic E-state index is 12.9. The Morgan fingerprint density at radius 1 is 1.13 bits per heavy atom. The van der Waals surface area contributed by atoms with Crippen LogP contribution in [0.2, 0.25) is 0 Å². The van der Waals surface area contributed by atoms with Crippen molar-refractivity contribution < 1.29 is 23.8 Å². The van der Waals surface area contributed by atoms with Gasteiger partial charge in [0.2, 0.25) is 5.91 Å². The van der Waals surface area contributed by atoms with Crippen LogP contribution in [0.3, 0.4) is 0 Å². The van der Waals surface area contributed by atoms with E-state index in [1.165, 1.54) is 4.90 Å². The van der Waals surface area contributed by atoms with Crippen molar-refractivity contribution in [3.05, 3.63) is 53.6 Å². The number of benzene rings is 2. The van der Waals surface area contributed by atoms with Gasteiger partial charge in [-0.15, -0.1) is 0 Å². The normalized spacial score (nSPS) is 15.4. The number of methoxy groups -OCH3 is 1. The Hall–Kier alpha value is -3.06. The van der Waals surface area contributed by atoms with E-state index in [9.17, 15) is 9.59 Å². The van der Waals surface area contributed by atoms with Gasteiger partial charge in [-0.05, 0) is 56.0 Å². The molecule has 0 unspecified atom stereocenters. The topological polar surface area (TPSA) is 77.1 Å². The SMILES string of the molecule is COc1ccccc1OCC(=O)N(CC(=O)Nc1cccc(C)c1C)C[C@@H]1CCCO1. The van der Waals surface area contributed by atoms with Crippen LogP contribution in [0.1, 0.15) is 24.0 Å². The van der Waals surface area contributed by atoms with E-state index < -0.39 is 0 Å². The summed E-state index contributed by atoms with van der Waals surface area (Å²) in [4.78, 5) is 27.2. The molecule has 1 heterocycles. The second-order valence-electron chi connectivity index (χ2n) is 7.64. The number of ether oxygens (including phenoxy) is 3. The summed E-state index contributed by atoms with van der Waals surface area (Å²) >= 11 is 0. The van der Waals surface area contributed by atoms with E-state index in [1.807, 2.05) is 44.2 Å². The van der Waals surface area contributed by atoms with Crippen molar-refractivity contribution in [1.82, 2.24) is 4.90 Å². The van der Waals surface area contributed by atoms with E-state index >= 15 is 0 Å². The fourth-order valence-corrected chi connectivity index (χ4v) is 3.51. The Balaban J connectivity index is 1.65. The molecule has 2 aromatic rings. The number of nitrogens with one attached hydrogen (secondary N) is 1.